The molecule has 0 aliphatic carbocycles. The van der Waals surface area contributed by atoms with Crippen molar-refractivity contribution >= 4 is 22.5 Å². The highest BCUT2D eigenvalue weighted by atomic mass is 35.5. The third-order valence-electron chi connectivity index (χ3n) is 2.28. The highest BCUT2D eigenvalue weighted by molar-refractivity contribution is 6.36. The zero-order chi connectivity index (χ0) is 11.0. The maximum atomic E-state index is 9.56. The average Bonchev–Trinajstić information content (AvgIpc) is 2.23. The zero-order valence-corrected chi connectivity index (χ0v) is 9.17. The Labute approximate surface area is 92.3 Å². The summed E-state index contributed by atoms with van der Waals surface area (Å²) in [4.78, 5) is 4.18. The standard InChI is InChI=1S/C11H10ClNO2/c1-6-5-13-8-4-9(14)10(15-2)3-7(8)11(6)12/h3-5,14H,1-2H3. The molecule has 1 aromatic carbocycles. The first-order valence-corrected chi connectivity index (χ1v) is 4.83. The number of nitrogens with zero attached hydrogens (tertiary/aromatic N) is 1. The molecule has 3 nitrogen and oxygen atoms in total. The van der Waals surface area contributed by atoms with Gasteiger partial charge in [-0.25, -0.2) is 0 Å². The molecular weight excluding hydrogens is 214 g/mol. The molecule has 2 rings (SSSR count). The molecule has 1 heterocycles. The lowest BCUT2D eigenvalue weighted by Crippen LogP contribution is -1.88. The van der Waals surface area contributed by atoms with E-state index in [1.54, 1.807) is 18.3 Å². The van der Waals surface area contributed by atoms with Crippen molar-refractivity contribution in [3.63, 3.8) is 0 Å². The van der Waals surface area contributed by atoms with Crippen LogP contribution in [0.25, 0.3) is 10.9 Å². The second-order valence-corrected chi connectivity index (χ2v) is 3.67. The van der Waals surface area contributed by atoms with Crippen molar-refractivity contribution in [3.8, 4) is 11.5 Å². The van der Waals surface area contributed by atoms with Crippen LogP contribution in [0.15, 0.2) is 18.3 Å². The minimum absolute atomic E-state index is 0.0671. The lowest BCUT2D eigenvalue weighted by molar-refractivity contribution is 0.374. The lowest BCUT2D eigenvalue weighted by Gasteiger charge is -2.07. The number of methoxy groups -OCH3 is 1. The Morgan fingerprint density at radius 2 is 2.13 bits per heavy atom. The highest BCUT2D eigenvalue weighted by Gasteiger charge is 2.08. The number of hydrogen-bond donors (Lipinski definition) is 1. The molecule has 0 amide bonds. The number of aromatic hydroxyl groups is 1. The van der Waals surface area contributed by atoms with Crippen LogP contribution in [-0.2, 0) is 0 Å². The summed E-state index contributed by atoms with van der Waals surface area (Å²) in [7, 11) is 1.50. The number of hydrogen-bond acceptors (Lipinski definition) is 3. The summed E-state index contributed by atoms with van der Waals surface area (Å²) in [6, 6.07) is 3.23. The SMILES string of the molecule is COc1cc2c(Cl)c(C)cnc2cc1O. The molecule has 0 bridgehead atoms. The minimum atomic E-state index is 0.0671. The van der Waals surface area contributed by atoms with Gasteiger partial charge in [-0.05, 0) is 18.6 Å². The van der Waals surface area contributed by atoms with Crippen LogP contribution in [0.3, 0.4) is 0 Å². The first kappa shape index (κ1) is 10.1. The summed E-state index contributed by atoms with van der Waals surface area (Å²) in [6.07, 6.45) is 1.68. The average molecular weight is 224 g/mol. The molecule has 0 radical (unpaired) electrons. The van der Waals surface area contributed by atoms with Gasteiger partial charge in [-0.1, -0.05) is 11.6 Å². The van der Waals surface area contributed by atoms with Gasteiger partial charge in [0.1, 0.15) is 0 Å². The first-order valence-electron chi connectivity index (χ1n) is 4.45. The van der Waals surface area contributed by atoms with Crippen LogP contribution in [0.1, 0.15) is 5.56 Å². The summed E-state index contributed by atoms with van der Waals surface area (Å²) in [5.74, 6) is 0.467. The quantitative estimate of drug-likeness (QED) is 0.808. The van der Waals surface area contributed by atoms with Gasteiger partial charge in [0.05, 0.1) is 17.6 Å². The number of aryl methyl sites for hydroxylation is 1. The topological polar surface area (TPSA) is 42.4 Å². The van der Waals surface area contributed by atoms with Gasteiger partial charge in [-0.3, -0.25) is 4.98 Å². The van der Waals surface area contributed by atoms with Crippen LogP contribution in [0, 0.1) is 6.92 Å². The lowest BCUT2D eigenvalue weighted by atomic mass is 10.1. The minimum Gasteiger partial charge on any atom is -0.504 e. The number of benzene rings is 1. The van der Waals surface area contributed by atoms with E-state index in [0.29, 0.717) is 16.3 Å². The Bertz CT molecular complexity index is 525. The fraction of sp³-hybridized carbons (Fsp3) is 0.182. The summed E-state index contributed by atoms with van der Waals surface area (Å²) in [5, 5.41) is 11.0. The van der Waals surface area contributed by atoms with E-state index >= 15 is 0 Å². The van der Waals surface area contributed by atoms with E-state index < -0.39 is 0 Å². The molecule has 1 N–H and O–H groups in total. The van der Waals surface area contributed by atoms with Crippen molar-refractivity contribution in [3.05, 3.63) is 28.9 Å². The number of ether oxygens (including phenoxy) is 1. The van der Waals surface area contributed by atoms with E-state index in [2.05, 4.69) is 4.98 Å². The molecule has 2 aromatic rings. The predicted molar refractivity (Wildman–Crippen MR) is 59.7 cm³/mol. The summed E-state index contributed by atoms with van der Waals surface area (Å²) in [5.41, 5.74) is 1.56. The molecule has 0 atom stereocenters. The molecule has 0 saturated heterocycles. The fourth-order valence-electron chi connectivity index (χ4n) is 1.44. The molecule has 0 saturated carbocycles. The van der Waals surface area contributed by atoms with Gasteiger partial charge in [0.15, 0.2) is 11.5 Å². The Balaban J connectivity index is 2.82. The maximum Gasteiger partial charge on any atom is 0.161 e. The largest absolute Gasteiger partial charge is 0.504 e. The summed E-state index contributed by atoms with van der Waals surface area (Å²) < 4.78 is 5.01. The number of phenols is 1. The summed E-state index contributed by atoms with van der Waals surface area (Å²) >= 11 is 6.13. The number of pyridine rings is 1. The molecule has 0 aliphatic heterocycles. The van der Waals surface area contributed by atoms with Crippen LogP contribution >= 0.6 is 11.6 Å². The van der Waals surface area contributed by atoms with Crippen molar-refractivity contribution < 1.29 is 9.84 Å². The van der Waals surface area contributed by atoms with Gasteiger partial charge in [0.25, 0.3) is 0 Å². The highest BCUT2D eigenvalue weighted by Crippen LogP contribution is 2.34. The van der Waals surface area contributed by atoms with Crippen LogP contribution < -0.4 is 4.74 Å². The van der Waals surface area contributed by atoms with Crippen LogP contribution in [-0.4, -0.2) is 17.2 Å². The van der Waals surface area contributed by atoms with E-state index in [1.165, 1.54) is 7.11 Å². The molecule has 0 unspecified atom stereocenters. The van der Waals surface area contributed by atoms with Crippen molar-refractivity contribution in [2.45, 2.75) is 6.92 Å². The Hall–Kier alpha value is -1.48. The third-order valence-corrected chi connectivity index (χ3v) is 2.78. The number of halogens is 1. The van der Waals surface area contributed by atoms with E-state index in [9.17, 15) is 5.11 Å². The molecule has 1 aromatic heterocycles. The van der Waals surface area contributed by atoms with Gasteiger partial charge >= 0.3 is 0 Å². The van der Waals surface area contributed by atoms with Crippen LogP contribution in [0.5, 0.6) is 11.5 Å². The van der Waals surface area contributed by atoms with Crippen molar-refractivity contribution in [1.29, 1.82) is 0 Å². The third kappa shape index (κ3) is 1.59. The monoisotopic (exact) mass is 223 g/mol. The summed E-state index contributed by atoms with van der Waals surface area (Å²) in [6.45, 7) is 1.88. The van der Waals surface area contributed by atoms with Crippen molar-refractivity contribution in [1.82, 2.24) is 4.98 Å². The second kappa shape index (κ2) is 3.59. The number of aromatic nitrogens is 1. The zero-order valence-electron chi connectivity index (χ0n) is 8.41. The number of phenolic OH excluding ortho intramolecular Hbond substituents is 1. The van der Waals surface area contributed by atoms with Gasteiger partial charge in [0, 0.05) is 17.6 Å². The molecule has 15 heavy (non-hydrogen) atoms. The number of rotatable bonds is 1. The van der Waals surface area contributed by atoms with E-state index in [1.807, 2.05) is 6.92 Å². The molecular formula is C11H10ClNO2. The second-order valence-electron chi connectivity index (χ2n) is 3.30. The maximum absolute atomic E-state index is 9.56. The van der Waals surface area contributed by atoms with Crippen molar-refractivity contribution in [2.24, 2.45) is 0 Å². The smallest absolute Gasteiger partial charge is 0.161 e. The Morgan fingerprint density at radius 1 is 1.40 bits per heavy atom. The molecule has 0 fully saturated rings. The van der Waals surface area contributed by atoms with E-state index in [4.69, 9.17) is 16.3 Å². The Morgan fingerprint density at radius 3 is 2.80 bits per heavy atom. The van der Waals surface area contributed by atoms with Gasteiger partial charge < -0.3 is 9.84 Å². The van der Waals surface area contributed by atoms with Crippen molar-refractivity contribution in [2.75, 3.05) is 7.11 Å². The van der Waals surface area contributed by atoms with Crippen LogP contribution in [0.2, 0.25) is 5.02 Å². The Kier molecular flexibility index (Phi) is 2.40. The first-order chi connectivity index (χ1) is 7.13. The molecule has 0 aliphatic rings. The molecule has 78 valence electrons. The van der Waals surface area contributed by atoms with Crippen LogP contribution in [0.4, 0.5) is 0 Å². The van der Waals surface area contributed by atoms with E-state index in [-0.39, 0.29) is 5.75 Å². The van der Waals surface area contributed by atoms with Gasteiger partial charge in [-0.15, -0.1) is 0 Å². The number of fused-ring (bicyclic) bond motifs is 1. The fourth-order valence-corrected chi connectivity index (χ4v) is 1.64. The van der Waals surface area contributed by atoms with Gasteiger partial charge in [-0.2, -0.15) is 0 Å². The predicted octanol–water partition coefficient (Wildman–Crippen LogP) is 2.91. The van der Waals surface area contributed by atoms with Gasteiger partial charge in [0.2, 0.25) is 0 Å². The molecule has 4 heteroatoms. The van der Waals surface area contributed by atoms with E-state index in [0.717, 1.165) is 10.9 Å². The normalized spacial score (nSPS) is 10.6. The molecule has 0 spiro atoms.